The number of azo groups is 1. The summed E-state index contributed by atoms with van der Waals surface area (Å²) in [5, 5.41) is 23.0. The molecule has 0 aliphatic heterocycles. The van der Waals surface area contributed by atoms with Gasteiger partial charge >= 0.3 is 0 Å². The number of nitrogens with one attached hydrogen (secondary N) is 1. The Balaban J connectivity index is 1.63. The highest BCUT2D eigenvalue weighted by Gasteiger charge is 2.29. The van der Waals surface area contributed by atoms with Crippen LogP contribution in [-0.2, 0) is 10.0 Å². The fraction of sp³-hybridized carbons (Fsp3) is 0.318. The van der Waals surface area contributed by atoms with Gasteiger partial charge in [0, 0.05) is 6.04 Å². The summed E-state index contributed by atoms with van der Waals surface area (Å²) in [7, 11) is -3.90. The maximum atomic E-state index is 13.0. The predicted molar refractivity (Wildman–Crippen MR) is 122 cm³/mol. The van der Waals surface area contributed by atoms with Gasteiger partial charge in [-0.25, -0.2) is 17.8 Å². The molecule has 3 aromatic rings. The second kappa shape index (κ2) is 9.19. The molecule has 4 rings (SSSR count). The van der Waals surface area contributed by atoms with Crippen molar-refractivity contribution in [2.45, 2.75) is 49.6 Å². The first-order chi connectivity index (χ1) is 15.4. The maximum absolute atomic E-state index is 13.0. The molecule has 1 aliphatic rings. The number of benzene rings is 2. The Kier molecular flexibility index (Phi) is 6.35. The lowest BCUT2D eigenvalue weighted by atomic mass is 9.93. The average molecular weight is 455 g/mol. The molecular formula is C22H26N6O3S. The minimum absolute atomic E-state index is 0.00630. The fourth-order valence-corrected chi connectivity index (χ4v) is 5.25. The Hall–Kier alpha value is -3.08. The van der Waals surface area contributed by atoms with E-state index in [1.54, 1.807) is 29.8 Å². The molecule has 1 saturated carbocycles. The van der Waals surface area contributed by atoms with Crippen molar-refractivity contribution in [1.29, 1.82) is 0 Å². The number of sulfonamides is 1. The van der Waals surface area contributed by atoms with Gasteiger partial charge in [-0.05, 0) is 44.0 Å². The van der Waals surface area contributed by atoms with Gasteiger partial charge in [0.05, 0.1) is 17.5 Å². The van der Waals surface area contributed by atoms with Gasteiger partial charge in [0.15, 0.2) is 11.5 Å². The zero-order valence-electron chi connectivity index (χ0n) is 17.7. The number of aromatic nitrogens is 2. The van der Waals surface area contributed by atoms with E-state index in [1.165, 1.54) is 6.07 Å². The van der Waals surface area contributed by atoms with Crippen molar-refractivity contribution in [2.75, 3.05) is 5.73 Å². The van der Waals surface area contributed by atoms with Crippen molar-refractivity contribution in [1.82, 2.24) is 14.5 Å². The van der Waals surface area contributed by atoms with Crippen LogP contribution >= 0.6 is 0 Å². The zero-order valence-corrected chi connectivity index (χ0v) is 18.5. The topological polar surface area (TPSA) is 135 Å². The van der Waals surface area contributed by atoms with E-state index in [-0.39, 0.29) is 10.6 Å². The lowest BCUT2D eigenvalue weighted by Gasteiger charge is -2.28. The third-order valence-electron chi connectivity index (χ3n) is 5.51. The molecule has 1 fully saturated rings. The number of hydrogen-bond acceptors (Lipinski definition) is 7. The summed E-state index contributed by atoms with van der Waals surface area (Å²) in [5.74, 6) is 0.307. The SMILES string of the molecule is Cc1nn(-c2ccccc2)c(N)c1N=Nc1ccccc1S(=O)(=O)NC1CCCCC1O. The van der Waals surface area contributed by atoms with Crippen molar-refractivity contribution in [3.8, 4) is 5.69 Å². The molecule has 1 aliphatic carbocycles. The number of anilines is 1. The van der Waals surface area contributed by atoms with Crippen LogP contribution in [0, 0.1) is 6.92 Å². The van der Waals surface area contributed by atoms with E-state index in [2.05, 4.69) is 20.0 Å². The van der Waals surface area contributed by atoms with Crippen LogP contribution in [0.3, 0.4) is 0 Å². The zero-order chi connectivity index (χ0) is 22.7. The number of aryl methyl sites for hydroxylation is 1. The molecule has 168 valence electrons. The van der Waals surface area contributed by atoms with Crippen molar-refractivity contribution in [3.05, 3.63) is 60.3 Å². The summed E-state index contributed by atoms with van der Waals surface area (Å²) < 4.78 is 30.3. The second-order valence-corrected chi connectivity index (χ2v) is 9.50. The molecule has 9 nitrogen and oxygen atoms in total. The normalized spacial score (nSPS) is 19.4. The number of aliphatic hydroxyl groups excluding tert-OH is 1. The second-order valence-electron chi connectivity index (χ2n) is 7.81. The van der Waals surface area contributed by atoms with E-state index in [1.807, 2.05) is 30.3 Å². The van der Waals surface area contributed by atoms with Gasteiger partial charge in [-0.1, -0.05) is 43.2 Å². The van der Waals surface area contributed by atoms with Gasteiger partial charge in [0.2, 0.25) is 10.0 Å². The fourth-order valence-electron chi connectivity index (χ4n) is 3.81. The van der Waals surface area contributed by atoms with Crippen molar-refractivity contribution in [2.24, 2.45) is 10.2 Å². The van der Waals surface area contributed by atoms with Gasteiger partial charge in [-0.15, -0.1) is 10.2 Å². The van der Waals surface area contributed by atoms with E-state index in [9.17, 15) is 13.5 Å². The molecule has 2 aromatic carbocycles. The Labute approximate surface area is 187 Å². The largest absolute Gasteiger partial charge is 0.391 e. The monoisotopic (exact) mass is 454 g/mol. The Morgan fingerprint density at radius 2 is 1.75 bits per heavy atom. The van der Waals surface area contributed by atoms with Gasteiger partial charge in [-0.3, -0.25) is 0 Å². The first-order valence-corrected chi connectivity index (χ1v) is 12.0. The molecule has 1 aromatic heterocycles. The number of nitrogen functional groups attached to an aromatic ring is 1. The van der Waals surface area contributed by atoms with Crippen molar-refractivity contribution < 1.29 is 13.5 Å². The molecule has 1 heterocycles. The number of nitrogens with two attached hydrogens (primary N) is 1. The maximum Gasteiger partial charge on any atom is 0.243 e. The van der Waals surface area contributed by atoms with E-state index >= 15 is 0 Å². The first-order valence-electron chi connectivity index (χ1n) is 10.5. The Morgan fingerprint density at radius 3 is 2.50 bits per heavy atom. The highest BCUT2D eigenvalue weighted by atomic mass is 32.2. The molecule has 4 N–H and O–H groups in total. The molecule has 0 radical (unpaired) electrons. The first kappa shape index (κ1) is 22.1. The smallest absolute Gasteiger partial charge is 0.243 e. The lowest BCUT2D eigenvalue weighted by Crippen LogP contribution is -2.44. The minimum atomic E-state index is -3.90. The van der Waals surface area contributed by atoms with Crippen LogP contribution in [0.1, 0.15) is 31.4 Å². The van der Waals surface area contributed by atoms with Crippen molar-refractivity contribution in [3.63, 3.8) is 0 Å². The number of rotatable bonds is 6. The van der Waals surface area contributed by atoms with Crippen LogP contribution in [0.2, 0.25) is 0 Å². The summed E-state index contributed by atoms with van der Waals surface area (Å²) in [5.41, 5.74) is 8.15. The summed E-state index contributed by atoms with van der Waals surface area (Å²) in [6.45, 7) is 1.76. The summed E-state index contributed by atoms with van der Waals surface area (Å²) in [6, 6.07) is 15.2. The molecule has 0 saturated heterocycles. The van der Waals surface area contributed by atoms with E-state index in [0.717, 1.165) is 18.5 Å². The number of hydrogen-bond donors (Lipinski definition) is 3. The number of para-hydroxylation sites is 1. The quantitative estimate of drug-likeness (QED) is 0.487. The van der Waals surface area contributed by atoms with Crippen LogP contribution in [0.25, 0.3) is 5.69 Å². The number of nitrogens with zero attached hydrogens (tertiary/aromatic N) is 4. The third-order valence-corrected chi connectivity index (χ3v) is 7.05. The van der Waals surface area contributed by atoms with Crippen LogP contribution < -0.4 is 10.5 Å². The molecule has 2 atom stereocenters. The molecular weight excluding hydrogens is 428 g/mol. The van der Waals surface area contributed by atoms with Crippen LogP contribution in [0.5, 0.6) is 0 Å². The molecule has 2 unspecified atom stereocenters. The van der Waals surface area contributed by atoms with E-state index in [0.29, 0.717) is 30.0 Å². The average Bonchev–Trinajstić information content (AvgIpc) is 3.08. The van der Waals surface area contributed by atoms with Gasteiger partial charge in [0.25, 0.3) is 0 Å². The lowest BCUT2D eigenvalue weighted by molar-refractivity contribution is 0.101. The Morgan fingerprint density at radius 1 is 1.06 bits per heavy atom. The molecule has 32 heavy (non-hydrogen) atoms. The van der Waals surface area contributed by atoms with Gasteiger partial charge in [0.1, 0.15) is 10.6 Å². The summed E-state index contributed by atoms with van der Waals surface area (Å²) in [4.78, 5) is -0.00630. The highest BCUT2D eigenvalue weighted by molar-refractivity contribution is 7.89. The summed E-state index contributed by atoms with van der Waals surface area (Å²) in [6.07, 6.45) is 2.24. The Bertz CT molecular complexity index is 1220. The van der Waals surface area contributed by atoms with Crippen LogP contribution in [0.4, 0.5) is 17.2 Å². The van der Waals surface area contributed by atoms with E-state index < -0.39 is 22.2 Å². The standard InChI is InChI=1S/C22H26N6O3S/c1-15-21(22(23)28(26-15)16-9-3-2-4-10-16)25-24-18-12-6-8-14-20(18)32(30,31)27-17-11-5-7-13-19(17)29/h2-4,6,8-10,12,14,17,19,27,29H,5,7,11,13,23H2,1H3. The summed E-state index contributed by atoms with van der Waals surface area (Å²) >= 11 is 0. The van der Waals surface area contributed by atoms with Crippen LogP contribution in [-0.4, -0.2) is 35.5 Å². The highest BCUT2D eigenvalue weighted by Crippen LogP contribution is 2.32. The minimum Gasteiger partial charge on any atom is -0.391 e. The van der Waals surface area contributed by atoms with Crippen LogP contribution in [0.15, 0.2) is 69.7 Å². The number of aliphatic hydroxyl groups is 1. The van der Waals surface area contributed by atoms with Gasteiger partial charge < -0.3 is 10.8 Å². The molecule has 0 amide bonds. The molecule has 10 heteroatoms. The molecule has 0 bridgehead atoms. The third kappa shape index (κ3) is 4.57. The van der Waals surface area contributed by atoms with Gasteiger partial charge in [-0.2, -0.15) is 5.10 Å². The van der Waals surface area contributed by atoms with E-state index in [4.69, 9.17) is 5.73 Å². The predicted octanol–water partition coefficient (Wildman–Crippen LogP) is 3.76. The molecule has 0 spiro atoms. The van der Waals surface area contributed by atoms with Crippen molar-refractivity contribution >= 4 is 27.2 Å².